The summed E-state index contributed by atoms with van der Waals surface area (Å²) in [4.78, 5) is 17.3. The van der Waals surface area contributed by atoms with E-state index in [1.807, 2.05) is 61.9 Å². The zero-order valence-corrected chi connectivity index (χ0v) is 15.8. The lowest BCUT2D eigenvalue weighted by molar-refractivity contribution is -0.122. The van der Waals surface area contributed by atoms with Crippen LogP contribution in [-0.2, 0) is 17.1 Å². The Hall–Kier alpha value is -2.21. The van der Waals surface area contributed by atoms with E-state index >= 15 is 0 Å². The number of hydrogen-bond donors (Lipinski definition) is 1. The van der Waals surface area contributed by atoms with Crippen molar-refractivity contribution in [2.24, 2.45) is 0 Å². The first-order valence-electron chi connectivity index (χ1n) is 8.29. The van der Waals surface area contributed by atoms with Crippen LogP contribution in [0.1, 0.15) is 35.9 Å². The molecular weight excluding hydrogens is 334 g/mol. The van der Waals surface area contributed by atoms with Crippen molar-refractivity contribution in [3.63, 3.8) is 0 Å². The number of para-hydroxylation sites is 2. The predicted molar refractivity (Wildman–Crippen MR) is 102 cm³/mol. The van der Waals surface area contributed by atoms with Crippen LogP contribution in [0, 0.1) is 13.8 Å². The number of amides is 1. The summed E-state index contributed by atoms with van der Waals surface area (Å²) in [6.45, 7) is 6.07. The zero-order chi connectivity index (χ0) is 18.0. The first-order valence-corrected chi connectivity index (χ1v) is 9.68. The van der Waals surface area contributed by atoms with Gasteiger partial charge in [-0.2, -0.15) is 11.8 Å². The fraction of sp³-hybridized carbons (Fsp3) is 0.368. The fourth-order valence-electron chi connectivity index (χ4n) is 3.13. The van der Waals surface area contributed by atoms with E-state index in [2.05, 4.69) is 10.3 Å². The van der Waals surface area contributed by atoms with Gasteiger partial charge in [-0.3, -0.25) is 4.79 Å². The molecule has 1 unspecified atom stereocenters. The minimum atomic E-state index is -0.0938. The van der Waals surface area contributed by atoms with E-state index in [1.165, 1.54) is 0 Å². The standard InChI is InChI=1S/C19H23N3O2S/c1-12-9-15(14(3)24-12)13(2)20-19(23)10-22-17-8-6-5-7-16(17)21-18(22)11-25-4/h5-9,13H,10-11H2,1-4H3,(H,20,23). The van der Waals surface area contributed by atoms with Crippen molar-refractivity contribution < 1.29 is 9.21 Å². The van der Waals surface area contributed by atoms with E-state index < -0.39 is 0 Å². The minimum Gasteiger partial charge on any atom is -0.466 e. The van der Waals surface area contributed by atoms with Crippen LogP contribution in [0.5, 0.6) is 0 Å². The number of nitrogens with one attached hydrogen (secondary N) is 1. The average molecular weight is 357 g/mol. The third-order valence-corrected chi connectivity index (χ3v) is 4.78. The summed E-state index contributed by atoms with van der Waals surface area (Å²) in [5.74, 6) is 3.37. The Morgan fingerprint density at radius 1 is 1.36 bits per heavy atom. The van der Waals surface area contributed by atoms with E-state index in [-0.39, 0.29) is 18.5 Å². The molecule has 0 fully saturated rings. The molecule has 0 aliphatic carbocycles. The molecule has 0 aliphatic rings. The molecule has 0 bridgehead atoms. The van der Waals surface area contributed by atoms with Gasteiger partial charge in [0.2, 0.25) is 5.91 Å². The highest BCUT2D eigenvalue weighted by atomic mass is 32.2. The van der Waals surface area contributed by atoms with Crippen LogP contribution in [-0.4, -0.2) is 21.7 Å². The predicted octanol–water partition coefficient (Wildman–Crippen LogP) is 3.99. The van der Waals surface area contributed by atoms with Crippen molar-refractivity contribution in [3.8, 4) is 0 Å². The molecule has 1 aromatic carbocycles. The summed E-state index contributed by atoms with van der Waals surface area (Å²) < 4.78 is 7.56. The van der Waals surface area contributed by atoms with Crippen LogP contribution in [0.25, 0.3) is 11.0 Å². The van der Waals surface area contributed by atoms with Gasteiger partial charge >= 0.3 is 0 Å². The molecule has 1 atom stereocenters. The summed E-state index contributed by atoms with van der Waals surface area (Å²) in [5.41, 5.74) is 2.93. The Balaban J connectivity index is 1.79. The van der Waals surface area contributed by atoms with Gasteiger partial charge in [-0.05, 0) is 45.2 Å². The second-order valence-electron chi connectivity index (χ2n) is 6.19. The summed E-state index contributed by atoms with van der Waals surface area (Å²) in [6.07, 6.45) is 2.04. The van der Waals surface area contributed by atoms with Gasteiger partial charge in [-0.1, -0.05) is 12.1 Å². The van der Waals surface area contributed by atoms with Gasteiger partial charge in [0.05, 0.1) is 22.8 Å². The van der Waals surface area contributed by atoms with E-state index in [9.17, 15) is 4.79 Å². The fourth-order valence-corrected chi connectivity index (χ4v) is 3.61. The van der Waals surface area contributed by atoms with Crippen LogP contribution < -0.4 is 5.32 Å². The van der Waals surface area contributed by atoms with Gasteiger partial charge in [0, 0.05) is 5.56 Å². The largest absolute Gasteiger partial charge is 0.466 e. The minimum absolute atomic E-state index is 0.0312. The van der Waals surface area contributed by atoms with Crippen LogP contribution in [0.2, 0.25) is 0 Å². The van der Waals surface area contributed by atoms with E-state index in [0.717, 1.165) is 39.7 Å². The summed E-state index contributed by atoms with van der Waals surface area (Å²) >= 11 is 1.70. The third-order valence-electron chi connectivity index (χ3n) is 4.23. The Kier molecular flexibility index (Phi) is 5.18. The van der Waals surface area contributed by atoms with Crippen LogP contribution in [0.15, 0.2) is 34.7 Å². The first kappa shape index (κ1) is 17.6. The van der Waals surface area contributed by atoms with Crippen molar-refractivity contribution in [3.05, 3.63) is 53.2 Å². The summed E-state index contributed by atoms with van der Waals surface area (Å²) in [7, 11) is 0. The number of benzene rings is 1. The molecule has 25 heavy (non-hydrogen) atoms. The number of fused-ring (bicyclic) bond motifs is 1. The molecule has 5 nitrogen and oxygen atoms in total. The number of rotatable bonds is 6. The molecule has 0 aliphatic heterocycles. The lowest BCUT2D eigenvalue weighted by Gasteiger charge is -2.15. The van der Waals surface area contributed by atoms with Crippen molar-refractivity contribution in [2.75, 3.05) is 6.26 Å². The molecule has 0 radical (unpaired) electrons. The smallest absolute Gasteiger partial charge is 0.240 e. The molecule has 3 aromatic rings. The highest BCUT2D eigenvalue weighted by Crippen LogP contribution is 2.22. The number of furan rings is 1. The normalized spacial score (nSPS) is 12.5. The molecule has 1 amide bonds. The van der Waals surface area contributed by atoms with Crippen molar-refractivity contribution >= 4 is 28.7 Å². The summed E-state index contributed by atoms with van der Waals surface area (Å²) in [6, 6.07) is 9.81. The number of thioether (sulfide) groups is 1. The highest BCUT2D eigenvalue weighted by molar-refractivity contribution is 7.97. The SMILES string of the molecule is CSCc1nc2ccccc2n1CC(=O)NC(C)c1cc(C)oc1C. The molecule has 2 aromatic heterocycles. The number of carbonyl (C=O) groups is 1. The van der Waals surface area contributed by atoms with Crippen molar-refractivity contribution in [1.82, 2.24) is 14.9 Å². The number of carbonyl (C=O) groups excluding carboxylic acids is 1. The number of nitrogens with zero attached hydrogens (tertiary/aromatic N) is 2. The summed E-state index contributed by atoms with van der Waals surface area (Å²) in [5, 5.41) is 3.07. The Bertz CT molecular complexity index is 897. The van der Waals surface area contributed by atoms with E-state index in [1.54, 1.807) is 11.8 Å². The molecule has 0 saturated carbocycles. The second kappa shape index (κ2) is 7.35. The van der Waals surface area contributed by atoms with Crippen LogP contribution in [0.3, 0.4) is 0 Å². The monoisotopic (exact) mass is 357 g/mol. The zero-order valence-electron chi connectivity index (χ0n) is 15.0. The number of aromatic nitrogens is 2. The van der Waals surface area contributed by atoms with Crippen LogP contribution in [0.4, 0.5) is 0 Å². The first-order chi connectivity index (χ1) is 12.0. The molecule has 3 rings (SSSR count). The number of imidazole rings is 1. The lowest BCUT2D eigenvalue weighted by Crippen LogP contribution is -2.30. The van der Waals surface area contributed by atoms with Gasteiger partial charge in [0.15, 0.2) is 0 Å². The maximum Gasteiger partial charge on any atom is 0.240 e. The molecular formula is C19H23N3O2S. The molecule has 132 valence electrons. The quantitative estimate of drug-likeness (QED) is 0.725. The molecule has 2 heterocycles. The molecule has 6 heteroatoms. The lowest BCUT2D eigenvalue weighted by atomic mass is 10.1. The Morgan fingerprint density at radius 3 is 2.80 bits per heavy atom. The van der Waals surface area contributed by atoms with Crippen molar-refractivity contribution in [2.45, 2.75) is 39.1 Å². The maximum atomic E-state index is 12.6. The van der Waals surface area contributed by atoms with Gasteiger partial charge < -0.3 is 14.3 Å². The Labute approximate surface area is 151 Å². The van der Waals surface area contributed by atoms with E-state index in [4.69, 9.17) is 4.42 Å². The molecule has 0 spiro atoms. The van der Waals surface area contributed by atoms with Crippen LogP contribution >= 0.6 is 11.8 Å². The number of hydrogen-bond acceptors (Lipinski definition) is 4. The second-order valence-corrected chi connectivity index (χ2v) is 7.06. The molecule has 1 N–H and O–H groups in total. The molecule has 0 saturated heterocycles. The van der Waals surface area contributed by atoms with Gasteiger partial charge in [-0.15, -0.1) is 0 Å². The highest BCUT2D eigenvalue weighted by Gasteiger charge is 2.17. The third kappa shape index (κ3) is 3.74. The van der Waals surface area contributed by atoms with Crippen molar-refractivity contribution in [1.29, 1.82) is 0 Å². The number of aryl methyl sites for hydroxylation is 2. The topological polar surface area (TPSA) is 60.1 Å². The average Bonchev–Trinajstić information content (AvgIpc) is 3.08. The van der Waals surface area contributed by atoms with E-state index in [0.29, 0.717) is 0 Å². The van der Waals surface area contributed by atoms with Gasteiger partial charge in [-0.25, -0.2) is 4.98 Å². The van der Waals surface area contributed by atoms with Gasteiger partial charge in [0.25, 0.3) is 0 Å². The Morgan fingerprint density at radius 2 is 2.12 bits per heavy atom. The maximum absolute atomic E-state index is 12.6. The van der Waals surface area contributed by atoms with Gasteiger partial charge in [0.1, 0.15) is 23.9 Å².